The zero-order chi connectivity index (χ0) is 14.8. The standard InChI is InChI=1S/C15H21NO4/c1-15(2)10-16(8-11(9-17)20-15)14(18)12-6-4-5-7-13(12)19-3/h4-7,11,17H,8-10H2,1-3H3. The summed E-state index contributed by atoms with van der Waals surface area (Å²) in [5.41, 5.74) is 0.0629. The Hall–Kier alpha value is -1.59. The number of carbonyl (C=O) groups is 1. The highest BCUT2D eigenvalue weighted by Gasteiger charge is 2.36. The summed E-state index contributed by atoms with van der Waals surface area (Å²) in [5, 5.41) is 9.31. The molecule has 1 heterocycles. The average Bonchev–Trinajstić information content (AvgIpc) is 2.44. The Balaban J connectivity index is 2.23. The monoisotopic (exact) mass is 279 g/mol. The van der Waals surface area contributed by atoms with Crippen molar-refractivity contribution >= 4 is 5.91 Å². The van der Waals surface area contributed by atoms with E-state index in [2.05, 4.69) is 0 Å². The first-order valence-electron chi connectivity index (χ1n) is 6.68. The van der Waals surface area contributed by atoms with Crippen molar-refractivity contribution in [2.45, 2.75) is 25.6 Å². The molecule has 1 aromatic carbocycles. The molecular weight excluding hydrogens is 258 g/mol. The predicted molar refractivity (Wildman–Crippen MR) is 74.9 cm³/mol. The van der Waals surface area contributed by atoms with Crippen LogP contribution in [0.3, 0.4) is 0 Å². The van der Waals surface area contributed by atoms with E-state index in [-0.39, 0.29) is 18.6 Å². The van der Waals surface area contributed by atoms with Crippen molar-refractivity contribution in [3.63, 3.8) is 0 Å². The van der Waals surface area contributed by atoms with Gasteiger partial charge in [0.15, 0.2) is 0 Å². The van der Waals surface area contributed by atoms with Crippen molar-refractivity contribution in [2.24, 2.45) is 0 Å². The lowest BCUT2D eigenvalue weighted by Gasteiger charge is -2.42. The van der Waals surface area contributed by atoms with Crippen molar-refractivity contribution in [3.8, 4) is 5.75 Å². The van der Waals surface area contributed by atoms with Gasteiger partial charge in [-0.1, -0.05) is 12.1 Å². The quantitative estimate of drug-likeness (QED) is 0.906. The Morgan fingerprint density at radius 1 is 1.50 bits per heavy atom. The first-order valence-corrected chi connectivity index (χ1v) is 6.68. The Bertz CT molecular complexity index is 487. The van der Waals surface area contributed by atoms with Crippen molar-refractivity contribution in [3.05, 3.63) is 29.8 Å². The zero-order valence-corrected chi connectivity index (χ0v) is 12.1. The van der Waals surface area contributed by atoms with E-state index in [9.17, 15) is 9.90 Å². The summed E-state index contributed by atoms with van der Waals surface area (Å²) in [4.78, 5) is 14.3. The number of benzene rings is 1. The molecule has 1 N–H and O–H groups in total. The molecule has 1 aromatic rings. The molecule has 1 saturated heterocycles. The Labute approximate surface area is 119 Å². The molecule has 1 aliphatic rings. The zero-order valence-electron chi connectivity index (χ0n) is 12.1. The number of ether oxygens (including phenoxy) is 2. The third-order valence-electron chi connectivity index (χ3n) is 3.31. The molecule has 2 rings (SSSR count). The van der Waals surface area contributed by atoms with Crippen LogP contribution >= 0.6 is 0 Å². The van der Waals surface area contributed by atoms with Gasteiger partial charge in [0.1, 0.15) is 5.75 Å². The minimum Gasteiger partial charge on any atom is -0.496 e. The van der Waals surface area contributed by atoms with E-state index in [1.54, 1.807) is 24.1 Å². The number of carbonyl (C=O) groups excluding carboxylic acids is 1. The highest BCUT2D eigenvalue weighted by atomic mass is 16.5. The van der Waals surface area contributed by atoms with E-state index < -0.39 is 5.60 Å². The predicted octanol–water partition coefficient (Wildman–Crippen LogP) is 1.31. The molecular formula is C15H21NO4. The van der Waals surface area contributed by atoms with Gasteiger partial charge in [-0.2, -0.15) is 0 Å². The summed E-state index contributed by atoms with van der Waals surface area (Å²) in [7, 11) is 1.55. The van der Waals surface area contributed by atoms with Gasteiger partial charge in [-0.15, -0.1) is 0 Å². The topological polar surface area (TPSA) is 59.0 Å². The molecule has 0 spiro atoms. The van der Waals surface area contributed by atoms with Gasteiger partial charge in [-0.3, -0.25) is 4.79 Å². The molecule has 0 bridgehead atoms. The van der Waals surface area contributed by atoms with Crippen LogP contribution in [0.25, 0.3) is 0 Å². The lowest BCUT2D eigenvalue weighted by molar-refractivity contribution is -0.139. The van der Waals surface area contributed by atoms with E-state index in [0.717, 1.165) is 0 Å². The maximum Gasteiger partial charge on any atom is 0.257 e. The molecule has 1 fully saturated rings. The van der Waals surface area contributed by atoms with Gasteiger partial charge >= 0.3 is 0 Å². The highest BCUT2D eigenvalue weighted by Crippen LogP contribution is 2.25. The first kappa shape index (κ1) is 14.8. The van der Waals surface area contributed by atoms with Gasteiger partial charge in [0.25, 0.3) is 5.91 Å². The minimum absolute atomic E-state index is 0.0981. The van der Waals surface area contributed by atoms with Crippen LogP contribution in [-0.4, -0.2) is 54.4 Å². The Morgan fingerprint density at radius 3 is 2.85 bits per heavy atom. The molecule has 110 valence electrons. The maximum absolute atomic E-state index is 12.6. The van der Waals surface area contributed by atoms with Gasteiger partial charge in [0, 0.05) is 13.1 Å². The van der Waals surface area contributed by atoms with E-state index in [1.165, 1.54) is 0 Å². The van der Waals surface area contributed by atoms with Crippen LogP contribution in [0.4, 0.5) is 0 Å². The number of nitrogens with zero attached hydrogens (tertiary/aromatic N) is 1. The first-order chi connectivity index (χ1) is 9.46. The fourth-order valence-corrected chi connectivity index (χ4v) is 2.54. The van der Waals surface area contributed by atoms with Gasteiger partial charge < -0.3 is 19.5 Å². The third kappa shape index (κ3) is 3.11. The number of morpholine rings is 1. The van der Waals surface area contributed by atoms with Crippen LogP contribution in [0.5, 0.6) is 5.75 Å². The number of hydrogen-bond donors (Lipinski definition) is 1. The van der Waals surface area contributed by atoms with Crippen LogP contribution in [0.15, 0.2) is 24.3 Å². The van der Waals surface area contributed by atoms with Gasteiger partial charge in [0.05, 0.1) is 31.0 Å². The maximum atomic E-state index is 12.6. The number of methoxy groups -OCH3 is 1. The second-order valence-electron chi connectivity index (χ2n) is 5.57. The molecule has 0 radical (unpaired) electrons. The number of aliphatic hydroxyl groups is 1. The highest BCUT2D eigenvalue weighted by molar-refractivity contribution is 5.97. The summed E-state index contributed by atoms with van der Waals surface area (Å²) >= 11 is 0. The summed E-state index contributed by atoms with van der Waals surface area (Å²) in [5.74, 6) is 0.458. The summed E-state index contributed by atoms with van der Waals surface area (Å²) in [6, 6.07) is 7.15. The second kappa shape index (κ2) is 5.81. The fourth-order valence-electron chi connectivity index (χ4n) is 2.54. The Morgan fingerprint density at radius 2 is 2.20 bits per heavy atom. The number of amides is 1. The molecule has 20 heavy (non-hydrogen) atoms. The van der Waals surface area contributed by atoms with Crippen LogP contribution in [0, 0.1) is 0 Å². The number of aliphatic hydroxyl groups excluding tert-OH is 1. The van der Waals surface area contributed by atoms with E-state index >= 15 is 0 Å². The minimum atomic E-state index is -0.469. The molecule has 1 amide bonds. The van der Waals surface area contributed by atoms with Crippen molar-refractivity contribution in [2.75, 3.05) is 26.8 Å². The second-order valence-corrected chi connectivity index (χ2v) is 5.57. The number of para-hydroxylation sites is 1. The average molecular weight is 279 g/mol. The summed E-state index contributed by atoms with van der Waals surface area (Å²) in [6.45, 7) is 4.60. The van der Waals surface area contributed by atoms with Crippen LogP contribution in [0.2, 0.25) is 0 Å². The lowest BCUT2D eigenvalue weighted by atomic mass is 10.0. The van der Waals surface area contributed by atoms with E-state index in [0.29, 0.717) is 24.4 Å². The summed E-state index contributed by atoms with van der Waals surface area (Å²) in [6.07, 6.45) is -0.350. The molecule has 0 aliphatic carbocycles. The summed E-state index contributed by atoms with van der Waals surface area (Å²) < 4.78 is 11.0. The molecule has 0 aromatic heterocycles. The molecule has 0 saturated carbocycles. The largest absolute Gasteiger partial charge is 0.496 e. The molecule has 1 unspecified atom stereocenters. The lowest BCUT2D eigenvalue weighted by Crippen LogP contribution is -2.55. The van der Waals surface area contributed by atoms with Gasteiger partial charge in [-0.05, 0) is 26.0 Å². The molecule has 5 nitrogen and oxygen atoms in total. The van der Waals surface area contributed by atoms with Crippen LogP contribution < -0.4 is 4.74 Å². The van der Waals surface area contributed by atoms with Crippen molar-refractivity contribution < 1.29 is 19.4 Å². The van der Waals surface area contributed by atoms with Crippen molar-refractivity contribution in [1.29, 1.82) is 0 Å². The third-order valence-corrected chi connectivity index (χ3v) is 3.31. The van der Waals surface area contributed by atoms with E-state index in [4.69, 9.17) is 9.47 Å². The fraction of sp³-hybridized carbons (Fsp3) is 0.533. The van der Waals surface area contributed by atoms with Gasteiger partial charge in [0.2, 0.25) is 0 Å². The number of rotatable bonds is 3. The van der Waals surface area contributed by atoms with Crippen LogP contribution in [-0.2, 0) is 4.74 Å². The molecule has 1 atom stereocenters. The van der Waals surface area contributed by atoms with Crippen LogP contribution in [0.1, 0.15) is 24.2 Å². The van der Waals surface area contributed by atoms with E-state index in [1.807, 2.05) is 26.0 Å². The SMILES string of the molecule is COc1ccccc1C(=O)N1CC(CO)OC(C)(C)C1. The Kier molecular flexibility index (Phi) is 4.30. The van der Waals surface area contributed by atoms with Gasteiger partial charge in [-0.25, -0.2) is 0 Å². The normalized spacial score (nSPS) is 21.6. The molecule has 1 aliphatic heterocycles. The molecule has 5 heteroatoms. The van der Waals surface area contributed by atoms with Crippen molar-refractivity contribution in [1.82, 2.24) is 4.90 Å². The number of hydrogen-bond acceptors (Lipinski definition) is 4. The smallest absolute Gasteiger partial charge is 0.257 e.